The van der Waals surface area contributed by atoms with Crippen molar-refractivity contribution >= 4 is 29.7 Å². The van der Waals surface area contributed by atoms with Crippen LogP contribution in [0.25, 0.3) is 0 Å². The lowest BCUT2D eigenvalue weighted by Crippen LogP contribution is -2.51. The summed E-state index contributed by atoms with van der Waals surface area (Å²) < 4.78 is 11.0. The van der Waals surface area contributed by atoms with Gasteiger partial charge in [-0.2, -0.15) is 0 Å². The number of nitrogens with one attached hydrogen (secondary N) is 1. The maximum atomic E-state index is 12.7. The number of nitrogens with zero attached hydrogens (tertiary/aromatic N) is 5. The van der Waals surface area contributed by atoms with Gasteiger partial charge in [0, 0.05) is 55.9 Å². The first kappa shape index (κ1) is 41.0. The van der Waals surface area contributed by atoms with Crippen molar-refractivity contribution in [1.82, 2.24) is 30.0 Å². The smallest absolute Gasteiger partial charge is 0.410 e. The summed E-state index contributed by atoms with van der Waals surface area (Å²) in [5.74, 6) is -0.0878. The number of rotatable bonds is 10. The van der Waals surface area contributed by atoms with Gasteiger partial charge in [0.2, 0.25) is 5.91 Å². The van der Waals surface area contributed by atoms with Gasteiger partial charge in [-0.15, -0.1) is 0 Å². The van der Waals surface area contributed by atoms with Gasteiger partial charge < -0.3 is 19.7 Å². The molecule has 51 heavy (non-hydrogen) atoms. The Morgan fingerprint density at radius 1 is 0.706 bits per heavy atom. The molecule has 0 atom stereocenters. The highest BCUT2D eigenvalue weighted by Crippen LogP contribution is 2.21. The number of pyridine rings is 2. The van der Waals surface area contributed by atoms with Gasteiger partial charge in [-0.3, -0.25) is 34.2 Å². The van der Waals surface area contributed by atoms with Gasteiger partial charge in [-0.1, -0.05) is 12.1 Å². The van der Waals surface area contributed by atoms with E-state index >= 15 is 0 Å². The van der Waals surface area contributed by atoms with E-state index in [1.165, 1.54) is 4.90 Å². The van der Waals surface area contributed by atoms with Crippen molar-refractivity contribution in [2.45, 2.75) is 110 Å². The highest BCUT2D eigenvalue weighted by atomic mass is 16.6. The lowest BCUT2D eigenvalue weighted by atomic mass is 10.0. The van der Waals surface area contributed by atoms with E-state index in [1.54, 1.807) is 62.0 Å². The number of ketones is 2. The first-order valence-corrected chi connectivity index (χ1v) is 17.8. The molecule has 0 unspecified atom stereocenters. The summed E-state index contributed by atoms with van der Waals surface area (Å²) in [5, 5.41) is 3.28. The molecule has 2 aromatic rings. The summed E-state index contributed by atoms with van der Waals surface area (Å²) in [4.78, 5) is 75.0. The number of Topliss-reactive ketones (excluding diaryl/α,β-unsaturated/α-hetero) is 2. The lowest BCUT2D eigenvalue weighted by molar-refractivity contribution is -0.130. The van der Waals surface area contributed by atoms with Gasteiger partial charge in [0.15, 0.2) is 11.6 Å². The van der Waals surface area contributed by atoms with Gasteiger partial charge in [0.1, 0.15) is 11.2 Å². The Labute approximate surface area is 302 Å². The van der Waals surface area contributed by atoms with Crippen molar-refractivity contribution in [1.29, 1.82) is 0 Å². The van der Waals surface area contributed by atoms with E-state index in [1.807, 2.05) is 45.0 Å². The highest BCUT2D eigenvalue weighted by molar-refractivity contribution is 5.86. The molecule has 2 aliphatic rings. The highest BCUT2D eigenvalue weighted by Gasteiger charge is 2.33. The summed E-state index contributed by atoms with van der Waals surface area (Å²) >= 11 is 0. The molecule has 2 fully saturated rings. The van der Waals surface area contributed by atoms with Gasteiger partial charge in [-0.25, -0.2) is 9.59 Å². The van der Waals surface area contributed by atoms with Crippen LogP contribution in [0.1, 0.15) is 85.5 Å². The summed E-state index contributed by atoms with van der Waals surface area (Å²) in [5.41, 5.74) is 0.182. The Morgan fingerprint density at radius 3 is 1.47 bits per heavy atom. The molecule has 0 bridgehead atoms. The molecule has 0 saturated carbocycles. The molecule has 0 radical (unpaired) electrons. The zero-order valence-electron chi connectivity index (χ0n) is 31.4. The van der Waals surface area contributed by atoms with E-state index in [0.29, 0.717) is 31.6 Å². The van der Waals surface area contributed by atoms with Crippen LogP contribution in [0.3, 0.4) is 0 Å². The summed E-state index contributed by atoms with van der Waals surface area (Å²) in [7, 11) is 0. The van der Waals surface area contributed by atoms with E-state index in [0.717, 1.165) is 31.6 Å². The number of likely N-dealkylation sites (tertiary alicyclic amines) is 1. The predicted octanol–water partition coefficient (Wildman–Crippen LogP) is 4.62. The van der Waals surface area contributed by atoms with Crippen LogP contribution in [0.2, 0.25) is 0 Å². The first-order chi connectivity index (χ1) is 24.0. The summed E-state index contributed by atoms with van der Waals surface area (Å²) in [6, 6.07) is 10.8. The van der Waals surface area contributed by atoms with Crippen molar-refractivity contribution in [3.05, 3.63) is 60.2 Å². The molecule has 4 heterocycles. The van der Waals surface area contributed by atoms with Gasteiger partial charge in [-0.05, 0) is 105 Å². The van der Waals surface area contributed by atoms with Crippen LogP contribution in [0.15, 0.2) is 48.8 Å². The fourth-order valence-electron chi connectivity index (χ4n) is 5.84. The molecule has 2 aliphatic heterocycles. The van der Waals surface area contributed by atoms with Gasteiger partial charge >= 0.3 is 12.2 Å². The topological polar surface area (TPSA) is 151 Å². The number of aromatic nitrogens is 2. The second kappa shape index (κ2) is 19.3. The minimum absolute atomic E-state index is 0.0176. The molecular weight excluding hydrogens is 652 g/mol. The number of amides is 3. The van der Waals surface area contributed by atoms with Crippen LogP contribution in [0.5, 0.6) is 0 Å². The van der Waals surface area contributed by atoms with E-state index in [-0.39, 0.29) is 55.5 Å². The monoisotopic (exact) mass is 708 g/mol. The average Bonchev–Trinajstić information content (AvgIpc) is 3.06. The van der Waals surface area contributed by atoms with Gasteiger partial charge in [0.25, 0.3) is 0 Å². The zero-order chi connectivity index (χ0) is 37.6. The molecule has 3 amide bonds. The fourth-order valence-corrected chi connectivity index (χ4v) is 5.84. The van der Waals surface area contributed by atoms with Crippen molar-refractivity contribution in [3.8, 4) is 0 Å². The molecule has 1 N–H and O–H groups in total. The maximum absolute atomic E-state index is 12.7. The molecule has 13 nitrogen and oxygen atoms in total. The van der Waals surface area contributed by atoms with Crippen LogP contribution in [-0.4, -0.2) is 117 Å². The van der Waals surface area contributed by atoms with Crippen molar-refractivity contribution in [2.24, 2.45) is 0 Å². The standard InChI is InChI=1S/C20H29N3O4.C18H27N3O3/c1-15(24)22-11-8-17(9-12-22)23(19(26)27-20(2,3)4)14-18(25)13-16-7-5-6-10-21-16;1-18(2,3)24-17(23)21(15-7-10-19-11-8-15)13-16(22)12-14-6-4-5-9-20-14/h5-7,10,17H,8-9,11-14H2,1-4H3;4-6,9,15,19H,7-8,10-13H2,1-3H3. The quantitative estimate of drug-likeness (QED) is 0.370. The zero-order valence-corrected chi connectivity index (χ0v) is 31.4. The number of ether oxygens (including phenoxy) is 2. The number of piperidine rings is 2. The summed E-state index contributed by atoms with van der Waals surface area (Å²) in [6.45, 7) is 15.3. The van der Waals surface area contributed by atoms with Crippen LogP contribution >= 0.6 is 0 Å². The molecule has 2 saturated heterocycles. The minimum Gasteiger partial charge on any atom is -0.444 e. The van der Waals surface area contributed by atoms with Crippen LogP contribution < -0.4 is 5.32 Å². The number of carbonyl (C=O) groups is 5. The van der Waals surface area contributed by atoms with Crippen LogP contribution in [-0.2, 0) is 36.7 Å². The van der Waals surface area contributed by atoms with Gasteiger partial charge in [0.05, 0.1) is 25.9 Å². The largest absolute Gasteiger partial charge is 0.444 e. The Hall–Kier alpha value is -4.39. The molecule has 4 rings (SSSR count). The Balaban J connectivity index is 0.000000277. The van der Waals surface area contributed by atoms with E-state index in [2.05, 4.69) is 15.3 Å². The number of carbonyl (C=O) groups excluding carboxylic acids is 5. The van der Waals surface area contributed by atoms with E-state index in [9.17, 15) is 24.0 Å². The Morgan fingerprint density at radius 2 is 1.12 bits per heavy atom. The normalized spacial score (nSPS) is 15.5. The van der Waals surface area contributed by atoms with E-state index in [4.69, 9.17) is 9.47 Å². The molecule has 0 spiro atoms. The molecule has 0 aliphatic carbocycles. The summed E-state index contributed by atoms with van der Waals surface area (Å²) in [6.07, 6.45) is 5.74. The number of hydrogen-bond donors (Lipinski definition) is 1. The molecule has 13 heteroatoms. The maximum Gasteiger partial charge on any atom is 0.410 e. The molecule has 0 aromatic carbocycles. The second-order valence-electron chi connectivity index (χ2n) is 15.0. The predicted molar refractivity (Wildman–Crippen MR) is 193 cm³/mol. The van der Waals surface area contributed by atoms with Crippen molar-refractivity contribution in [2.75, 3.05) is 39.3 Å². The third-order valence-corrected chi connectivity index (χ3v) is 8.26. The first-order valence-electron chi connectivity index (χ1n) is 17.8. The minimum atomic E-state index is -0.639. The fraction of sp³-hybridized carbons (Fsp3) is 0.605. The lowest BCUT2D eigenvalue weighted by Gasteiger charge is -2.38. The molecule has 280 valence electrons. The SMILES string of the molecule is CC(=O)N1CCC(N(CC(=O)Cc2ccccn2)C(=O)OC(C)(C)C)CC1.CC(C)(C)OC(=O)N(CC(=O)Cc1ccccn1)C1CCNCC1. The molecular formula is C38H56N6O7. The van der Waals surface area contributed by atoms with Crippen molar-refractivity contribution in [3.63, 3.8) is 0 Å². The second-order valence-corrected chi connectivity index (χ2v) is 15.0. The third-order valence-electron chi connectivity index (χ3n) is 8.26. The van der Waals surface area contributed by atoms with Crippen LogP contribution in [0, 0.1) is 0 Å². The third kappa shape index (κ3) is 15.2. The van der Waals surface area contributed by atoms with E-state index < -0.39 is 23.4 Å². The van der Waals surface area contributed by atoms with Crippen molar-refractivity contribution < 1.29 is 33.4 Å². The Bertz CT molecular complexity index is 1430. The number of hydrogen-bond acceptors (Lipinski definition) is 10. The van der Waals surface area contributed by atoms with Crippen LogP contribution in [0.4, 0.5) is 9.59 Å². The Kier molecular flexibility index (Phi) is 15.5. The molecule has 2 aromatic heterocycles. The average molecular weight is 709 g/mol.